The molecule has 2 aromatic rings. The summed E-state index contributed by atoms with van der Waals surface area (Å²) in [5.74, 6) is 1.16. The molecule has 1 fully saturated rings. The number of ether oxygens (including phenoxy) is 2. The van der Waals surface area contributed by atoms with E-state index < -0.39 is 0 Å². The first-order valence-electron chi connectivity index (χ1n) is 9.41. The van der Waals surface area contributed by atoms with Gasteiger partial charge < -0.3 is 19.7 Å². The van der Waals surface area contributed by atoms with Gasteiger partial charge in [0.2, 0.25) is 11.8 Å². The van der Waals surface area contributed by atoms with Gasteiger partial charge in [-0.15, -0.1) is 0 Å². The maximum absolute atomic E-state index is 12.5. The van der Waals surface area contributed by atoms with E-state index in [1.807, 2.05) is 48.5 Å². The van der Waals surface area contributed by atoms with E-state index in [2.05, 4.69) is 5.32 Å². The summed E-state index contributed by atoms with van der Waals surface area (Å²) >= 11 is 0. The fraction of sp³-hybridized carbons (Fsp3) is 0.364. The number of benzene rings is 2. The monoisotopic (exact) mass is 382 g/mol. The molecule has 0 bridgehead atoms. The third kappa shape index (κ3) is 4.63. The van der Waals surface area contributed by atoms with Crippen LogP contribution in [0.1, 0.15) is 17.5 Å². The molecule has 28 heavy (non-hydrogen) atoms. The molecule has 1 N–H and O–H groups in total. The minimum Gasteiger partial charge on any atom is -0.496 e. The third-order valence-corrected chi connectivity index (χ3v) is 5.07. The van der Waals surface area contributed by atoms with E-state index in [4.69, 9.17) is 9.47 Å². The van der Waals surface area contributed by atoms with E-state index in [0.717, 1.165) is 22.6 Å². The van der Waals surface area contributed by atoms with Crippen LogP contribution in [-0.4, -0.2) is 44.0 Å². The Kier molecular flexibility index (Phi) is 6.53. The van der Waals surface area contributed by atoms with Crippen molar-refractivity contribution >= 4 is 11.8 Å². The van der Waals surface area contributed by atoms with Crippen molar-refractivity contribution in [2.75, 3.05) is 27.3 Å². The SMILES string of the molecule is COc1ccccc1CCN1CC(C(=O)NCc2ccccc2OC)CC1=O. The Morgan fingerprint density at radius 2 is 1.64 bits per heavy atom. The van der Waals surface area contributed by atoms with E-state index >= 15 is 0 Å². The summed E-state index contributed by atoms with van der Waals surface area (Å²) in [5.41, 5.74) is 1.97. The zero-order valence-electron chi connectivity index (χ0n) is 16.3. The predicted octanol–water partition coefficient (Wildman–Crippen LogP) is 2.41. The van der Waals surface area contributed by atoms with E-state index in [9.17, 15) is 9.59 Å². The summed E-state index contributed by atoms with van der Waals surface area (Å²) in [6.45, 7) is 1.41. The molecular formula is C22H26N2O4. The lowest BCUT2D eigenvalue weighted by Gasteiger charge is -2.17. The number of carbonyl (C=O) groups is 2. The van der Waals surface area contributed by atoms with Gasteiger partial charge in [0.1, 0.15) is 11.5 Å². The van der Waals surface area contributed by atoms with Crippen molar-refractivity contribution in [2.45, 2.75) is 19.4 Å². The standard InChI is InChI=1S/C22H26N2O4/c1-27-19-9-5-3-7-16(19)11-12-24-15-18(13-21(24)25)22(26)23-14-17-8-4-6-10-20(17)28-2/h3-10,18H,11-15H2,1-2H3,(H,23,26). The number of methoxy groups -OCH3 is 2. The minimum absolute atomic E-state index is 0.0207. The highest BCUT2D eigenvalue weighted by atomic mass is 16.5. The normalized spacial score (nSPS) is 16.1. The predicted molar refractivity (Wildman–Crippen MR) is 106 cm³/mol. The third-order valence-electron chi connectivity index (χ3n) is 5.07. The number of hydrogen-bond donors (Lipinski definition) is 1. The van der Waals surface area contributed by atoms with Crippen LogP contribution in [0.2, 0.25) is 0 Å². The van der Waals surface area contributed by atoms with Gasteiger partial charge in [-0.3, -0.25) is 9.59 Å². The van der Waals surface area contributed by atoms with Gasteiger partial charge in [0, 0.05) is 31.6 Å². The molecular weight excluding hydrogens is 356 g/mol. The topological polar surface area (TPSA) is 67.9 Å². The summed E-state index contributed by atoms with van der Waals surface area (Å²) in [4.78, 5) is 26.6. The van der Waals surface area contributed by atoms with Crippen molar-refractivity contribution in [1.82, 2.24) is 10.2 Å². The van der Waals surface area contributed by atoms with Gasteiger partial charge in [-0.25, -0.2) is 0 Å². The second kappa shape index (κ2) is 9.26. The number of nitrogens with zero attached hydrogens (tertiary/aromatic N) is 1. The highest BCUT2D eigenvalue weighted by molar-refractivity contribution is 5.89. The van der Waals surface area contributed by atoms with Crippen LogP contribution in [0.25, 0.3) is 0 Å². The Morgan fingerprint density at radius 3 is 2.32 bits per heavy atom. The molecule has 1 heterocycles. The van der Waals surface area contributed by atoms with Crippen LogP contribution < -0.4 is 14.8 Å². The van der Waals surface area contributed by atoms with E-state index in [1.54, 1.807) is 19.1 Å². The molecule has 1 atom stereocenters. The second-order valence-electron chi connectivity index (χ2n) is 6.83. The lowest BCUT2D eigenvalue weighted by Crippen LogP contribution is -2.33. The first-order valence-corrected chi connectivity index (χ1v) is 9.41. The van der Waals surface area contributed by atoms with Crippen LogP contribution in [0, 0.1) is 5.92 Å². The molecule has 0 aliphatic carbocycles. The second-order valence-corrected chi connectivity index (χ2v) is 6.83. The molecule has 3 rings (SSSR count). The Balaban J connectivity index is 1.52. The van der Waals surface area contributed by atoms with Crippen LogP contribution >= 0.6 is 0 Å². The Bertz CT molecular complexity index is 837. The molecule has 0 radical (unpaired) electrons. The fourth-order valence-corrected chi connectivity index (χ4v) is 3.50. The molecule has 1 saturated heterocycles. The molecule has 0 saturated carbocycles. The maximum Gasteiger partial charge on any atom is 0.225 e. The van der Waals surface area contributed by atoms with Crippen LogP contribution in [0.4, 0.5) is 0 Å². The average Bonchev–Trinajstić information content (AvgIpc) is 3.11. The van der Waals surface area contributed by atoms with Gasteiger partial charge in [-0.05, 0) is 24.1 Å². The summed E-state index contributed by atoms with van der Waals surface area (Å²) in [6.07, 6.45) is 0.953. The highest BCUT2D eigenvalue weighted by Gasteiger charge is 2.34. The van der Waals surface area contributed by atoms with Crippen molar-refractivity contribution < 1.29 is 19.1 Å². The zero-order chi connectivity index (χ0) is 19.9. The molecule has 1 aliphatic rings. The van der Waals surface area contributed by atoms with Gasteiger partial charge in [0.15, 0.2) is 0 Å². The number of amides is 2. The smallest absolute Gasteiger partial charge is 0.225 e. The van der Waals surface area contributed by atoms with Crippen molar-refractivity contribution in [1.29, 1.82) is 0 Å². The van der Waals surface area contributed by atoms with Gasteiger partial charge >= 0.3 is 0 Å². The summed E-state index contributed by atoms with van der Waals surface area (Å²) < 4.78 is 10.7. The molecule has 2 amide bonds. The van der Waals surface area contributed by atoms with E-state index in [-0.39, 0.29) is 24.2 Å². The van der Waals surface area contributed by atoms with Crippen molar-refractivity contribution in [3.8, 4) is 11.5 Å². The highest BCUT2D eigenvalue weighted by Crippen LogP contribution is 2.22. The molecule has 2 aromatic carbocycles. The quantitative estimate of drug-likeness (QED) is 0.761. The van der Waals surface area contributed by atoms with Crippen LogP contribution in [-0.2, 0) is 22.6 Å². The molecule has 1 aliphatic heterocycles. The minimum atomic E-state index is -0.320. The lowest BCUT2D eigenvalue weighted by atomic mass is 10.1. The summed E-state index contributed by atoms with van der Waals surface area (Å²) in [7, 11) is 3.25. The molecule has 0 spiro atoms. The van der Waals surface area contributed by atoms with Crippen LogP contribution in [0.5, 0.6) is 11.5 Å². The Labute approximate surface area is 165 Å². The number of rotatable bonds is 8. The van der Waals surface area contributed by atoms with E-state index in [0.29, 0.717) is 26.1 Å². The Morgan fingerprint density at radius 1 is 1.04 bits per heavy atom. The van der Waals surface area contributed by atoms with Crippen molar-refractivity contribution in [3.05, 3.63) is 59.7 Å². The number of likely N-dealkylation sites (tertiary alicyclic amines) is 1. The van der Waals surface area contributed by atoms with Gasteiger partial charge in [0.05, 0.1) is 20.1 Å². The molecule has 6 nitrogen and oxygen atoms in total. The molecule has 6 heteroatoms. The number of nitrogens with one attached hydrogen (secondary N) is 1. The zero-order valence-corrected chi connectivity index (χ0v) is 16.3. The first-order chi connectivity index (χ1) is 13.6. The molecule has 1 unspecified atom stereocenters. The van der Waals surface area contributed by atoms with Crippen molar-refractivity contribution in [3.63, 3.8) is 0 Å². The first kappa shape index (κ1) is 19.7. The van der Waals surface area contributed by atoms with Crippen LogP contribution in [0.15, 0.2) is 48.5 Å². The van der Waals surface area contributed by atoms with Gasteiger partial charge in [-0.1, -0.05) is 36.4 Å². The summed E-state index contributed by atoms with van der Waals surface area (Å²) in [6, 6.07) is 15.4. The molecule has 148 valence electrons. The largest absolute Gasteiger partial charge is 0.496 e. The maximum atomic E-state index is 12.5. The Hall–Kier alpha value is -3.02. The van der Waals surface area contributed by atoms with Gasteiger partial charge in [0.25, 0.3) is 0 Å². The van der Waals surface area contributed by atoms with Crippen LogP contribution in [0.3, 0.4) is 0 Å². The molecule has 0 aromatic heterocycles. The van der Waals surface area contributed by atoms with Crippen molar-refractivity contribution in [2.24, 2.45) is 5.92 Å². The number of carbonyl (C=O) groups excluding carboxylic acids is 2. The lowest BCUT2D eigenvalue weighted by molar-refractivity contribution is -0.129. The fourth-order valence-electron chi connectivity index (χ4n) is 3.50. The van der Waals surface area contributed by atoms with E-state index in [1.165, 1.54) is 0 Å². The number of para-hydroxylation sites is 2. The van der Waals surface area contributed by atoms with Gasteiger partial charge in [-0.2, -0.15) is 0 Å². The number of hydrogen-bond acceptors (Lipinski definition) is 4. The summed E-state index contributed by atoms with van der Waals surface area (Å²) in [5, 5.41) is 2.93. The average molecular weight is 382 g/mol.